The summed E-state index contributed by atoms with van der Waals surface area (Å²) >= 11 is 0. The van der Waals surface area contributed by atoms with Crippen molar-refractivity contribution < 1.29 is 19.1 Å². The average molecular weight is 321 g/mol. The molecular formula is C18H27NO4. The highest BCUT2D eigenvalue weighted by molar-refractivity contribution is 5.87. The minimum Gasteiger partial charge on any atom is -0.494 e. The van der Waals surface area contributed by atoms with Gasteiger partial charge in [0.25, 0.3) is 0 Å². The predicted octanol–water partition coefficient (Wildman–Crippen LogP) is 3.00. The highest BCUT2D eigenvalue weighted by atomic mass is 16.5. The molecule has 0 aliphatic heterocycles. The molecule has 0 heterocycles. The Morgan fingerprint density at radius 3 is 2.65 bits per heavy atom. The summed E-state index contributed by atoms with van der Waals surface area (Å²) in [7, 11) is 1.33. The van der Waals surface area contributed by atoms with Crippen LogP contribution < -0.4 is 10.1 Å². The fourth-order valence-corrected chi connectivity index (χ4v) is 2.44. The van der Waals surface area contributed by atoms with Crippen molar-refractivity contribution in [3.05, 3.63) is 29.8 Å². The molecule has 128 valence electrons. The zero-order valence-electron chi connectivity index (χ0n) is 14.5. The van der Waals surface area contributed by atoms with E-state index in [2.05, 4.69) is 5.32 Å². The van der Waals surface area contributed by atoms with Crippen LogP contribution >= 0.6 is 0 Å². The Labute approximate surface area is 138 Å². The predicted molar refractivity (Wildman–Crippen MR) is 89.4 cm³/mol. The average Bonchev–Trinajstić information content (AvgIpc) is 2.51. The van der Waals surface area contributed by atoms with Gasteiger partial charge in [-0.15, -0.1) is 0 Å². The van der Waals surface area contributed by atoms with Gasteiger partial charge < -0.3 is 14.8 Å². The molecule has 0 radical (unpaired) electrons. The second-order valence-corrected chi connectivity index (χ2v) is 5.89. The lowest BCUT2D eigenvalue weighted by Gasteiger charge is -2.27. The Bertz CT molecular complexity index is 530. The molecule has 5 nitrogen and oxygen atoms in total. The number of aryl methyl sites for hydroxylation is 1. The number of amides is 1. The normalized spacial score (nSPS) is 13.0. The number of hydrogen-bond donors (Lipinski definition) is 1. The maximum atomic E-state index is 12.0. The second-order valence-electron chi connectivity index (χ2n) is 5.89. The van der Waals surface area contributed by atoms with Gasteiger partial charge >= 0.3 is 5.97 Å². The van der Waals surface area contributed by atoms with Crippen LogP contribution in [0.3, 0.4) is 0 Å². The molecule has 1 N–H and O–H groups in total. The summed E-state index contributed by atoms with van der Waals surface area (Å²) in [4.78, 5) is 23.9. The van der Waals surface area contributed by atoms with Crippen molar-refractivity contribution in [2.24, 2.45) is 0 Å². The Morgan fingerprint density at radius 1 is 1.30 bits per heavy atom. The van der Waals surface area contributed by atoms with Gasteiger partial charge in [0.1, 0.15) is 11.3 Å². The third kappa shape index (κ3) is 6.30. The van der Waals surface area contributed by atoms with Crippen LogP contribution in [0.1, 0.15) is 45.1 Å². The van der Waals surface area contributed by atoms with Crippen LogP contribution in [0.25, 0.3) is 0 Å². The first kappa shape index (κ1) is 19.0. The van der Waals surface area contributed by atoms with Crippen LogP contribution in [0.15, 0.2) is 24.3 Å². The number of ether oxygens (including phenoxy) is 2. The standard InChI is InChI=1S/C18H27NO4/c1-5-11-18(3,17(21)22-4)19-16(20)10-7-12-23-15-9-6-8-14(2)13-15/h6,8-9,13H,5,7,10-12H2,1-4H3,(H,19,20). The van der Waals surface area contributed by atoms with Gasteiger partial charge in [-0.3, -0.25) is 4.79 Å². The van der Waals surface area contributed by atoms with E-state index >= 15 is 0 Å². The van der Waals surface area contributed by atoms with Crippen molar-refractivity contribution in [2.75, 3.05) is 13.7 Å². The van der Waals surface area contributed by atoms with Gasteiger partial charge in [-0.25, -0.2) is 4.79 Å². The molecule has 0 aromatic heterocycles. The first-order valence-electron chi connectivity index (χ1n) is 8.00. The minimum absolute atomic E-state index is 0.167. The smallest absolute Gasteiger partial charge is 0.331 e. The van der Waals surface area contributed by atoms with Gasteiger partial charge in [-0.2, -0.15) is 0 Å². The first-order chi connectivity index (χ1) is 10.9. The zero-order valence-corrected chi connectivity index (χ0v) is 14.5. The third-order valence-electron chi connectivity index (χ3n) is 3.61. The molecule has 0 aliphatic carbocycles. The number of carbonyl (C=O) groups excluding carboxylic acids is 2. The summed E-state index contributed by atoms with van der Waals surface area (Å²) < 4.78 is 10.4. The molecule has 1 rings (SSSR count). The number of carbonyl (C=O) groups is 2. The highest BCUT2D eigenvalue weighted by Gasteiger charge is 2.34. The fraction of sp³-hybridized carbons (Fsp3) is 0.556. The van der Waals surface area contributed by atoms with Crippen LogP contribution in [-0.4, -0.2) is 31.1 Å². The zero-order chi connectivity index (χ0) is 17.3. The SMILES string of the molecule is CCCC(C)(NC(=O)CCCOc1cccc(C)c1)C(=O)OC. The van der Waals surface area contributed by atoms with Crippen molar-refractivity contribution in [3.63, 3.8) is 0 Å². The third-order valence-corrected chi connectivity index (χ3v) is 3.61. The Hall–Kier alpha value is -2.04. The maximum Gasteiger partial charge on any atom is 0.331 e. The monoisotopic (exact) mass is 321 g/mol. The van der Waals surface area contributed by atoms with Crippen LogP contribution in [0.2, 0.25) is 0 Å². The quantitative estimate of drug-likeness (QED) is 0.561. The summed E-state index contributed by atoms with van der Waals surface area (Å²) in [6, 6.07) is 7.78. The van der Waals surface area contributed by atoms with Gasteiger partial charge in [0.05, 0.1) is 13.7 Å². The van der Waals surface area contributed by atoms with Gasteiger partial charge in [0, 0.05) is 6.42 Å². The minimum atomic E-state index is -0.960. The van der Waals surface area contributed by atoms with E-state index in [1.807, 2.05) is 38.1 Å². The van der Waals surface area contributed by atoms with E-state index in [-0.39, 0.29) is 5.91 Å². The lowest BCUT2D eigenvalue weighted by molar-refractivity contribution is -0.150. The number of hydrogen-bond acceptors (Lipinski definition) is 4. The van der Waals surface area contributed by atoms with Crippen LogP contribution in [0, 0.1) is 6.92 Å². The lowest BCUT2D eigenvalue weighted by atomic mass is 9.96. The van der Waals surface area contributed by atoms with Crippen LogP contribution in [0.5, 0.6) is 5.75 Å². The van der Waals surface area contributed by atoms with Crippen molar-refractivity contribution >= 4 is 11.9 Å². The molecule has 5 heteroatoms. The molecule has 0 saturated heterocycles. The number of esters is 1. The Balaban J connectivity index is 2.39. The van der Waals surface area contributed by atoms with E-state index in [0.29, 0.717) is 25.9 Å². The molecule has 1 aromatic carbocycles. The highest BCUT2D eigenvalue weighted by Crippen LogP contribution is 2.15. The van der Waals surface area contributed by atoms with Crippen molar-refractivity contribution in [1.29, 1.82) is 0 Å². The van der Waals surface area contributed by atoms with Gasteiger partial charge in [0.15, 0.2) is 0 Å². The van der Waals surface area contributed by atoms with E-state index in [9.17, 15) is 9.59 Å². The number of rotatable bonds is 9. The second kappa shape index (κ2) is 9.18. The Kier molecular flexibility index (Phi) is 7.59. The molecule has 0 saturated carbocycles. The summed E-state index contributed by atoms with van der Waals surface area (Å²) in [6.07, 6.45) is 2.22. The van der Waals surface area contributed by atoms with E-state index < -0.39 is 11.5 Å². The van der Waals surface area contributed by atoms with Gasteiger partial charge in [0.2, 0.25) is 5.91 Å². The van der Waals surface area contributed by atoms with Crippen molar-refractivity contribution in [1.82, 2.24) is 5.32 Å². The van der Waals surface area contributed by atoms with Crippen molar-refractivity contribution in [3.8, 4) is 5.75 Å². The van der Waals surface area contributed by atoms with E-state index in [4.69, 9.17) is 9.47 Å². The number of methoxy groups -OCH3 is 1. The summed E-state index contributed by atoms with van der Waals surface area (Å²) in [5.41, 5.74) is 0.173. The molecule has 1 atom stereocenters. The van der Waals surface area contributed by atoms with Crippen LogP contribution in [0.4, 0.5) is 0 Å². The summed E-state index contributed by atoms with van der Waals surface area (Å²) in [5.74, 6) is 0.221. The molecule has 1 unspecified atom stereocenters. The van der Waals surface area contributed by atoms with E-state index in [0.717, 1.165) is 17.7 Å². The fourth-order valence-electron chi connectivity index (χ4n) is 2.44. The maximum absolute atomic E-state index is 12.0. The van der Waals surface area contributed by atoms with Crippen molar-refractivity contribution in [2.45, 2.75) is 52.0 Å². The molecular weight excluding hydrogens is 294 g/mol. The molecule has 0 bridgehead atoms. The summed E-state index contributed by atoms with van der Waals surface area (Å²) in [6.45, 7) is 6.12. The summed E-state index contributed by atoms with van der Waals surface area (Å²) in [5, 5.41) is 2.78. The number of nitrogens with one attached hydrogen (secondary N) is 1. The lowest BCUT2D eigenvalue weighted by Crippen LogP contribution is -2.52. The van der Waals surface area contributed by atoms with Gasteiger partial charge in [-0.1, -0.05) is 25.5 Å². The molecule has 1 amide bonds. The molecule has 0 aliphatic rings. The topological polar surface area (TPSA) is 64.6 Å². The van der Waals surface area contributed by atoms with E-state index in [1.165, 1.54) is 7.11 Å². The van der Waals surface area contributed by atoms with Gasteiger partial charge in [-0.05, 0) is 44.4 Å². The molecule has 0 fully saturated rings. The molecule has 0 spiro atoms. The largest absolute Gasteiger partial charge is 0.494 e. The molecule has 1 aromatic rings. The van der Waals surface area contributed by atoms with E-state index in [1.54, 1.807) is 6.92 Å². The number of benzene rings is 1. The van der Waals surface area contributed by atoms with Crippen LogP contribution in [-0.2, 0) is 14.3 Å². The molecule has 23 heavy (non-hydrogen) atoms. The Morgan fingerprint density at radius 2 is 2.04 bits per heavy atom. The first-order valence-corrected chi connectivity index (χ1v) is 8.00.